The fourth-order valence-corrected chi connectivity index (χ4v) is 2.09. The summed E-state index contributed by atoms with van der Waals surface area (Å²) in [7, 11) is 0. The van der Waals surface area contributed by atoms with E-state index in [4.69, 9.17) is 5.73 Å². The lowest BCUT2D eigenvalue weighted by Crippen LogP contribution is -2.22. The minimum atomic E-state index is 0. The van der Waals surface area contributed by atoms with Crippen molar-refractivity contribution < 1.29 is 4.79 Å². The second-order valence-corrected chi connectivity index (χ2v) is 4.27. The molecule has 2 rings (SSSR count). The molecule has 0 aliphatic rings. The first-order chi connectivity index (χ1) is 8.08. The number of H-pyrrole nitrogens is 1. The number of fused-ring (bicyclic) bond motifs is 1. The molecule has 0 saturated heterocycles. The van der Waals surface area contributed by atoms with E-state index < -0.39 is 0 Å². The molecule has 0 spiro atoms. The van der Waals surface area contributed by atoms with Crippen LogP contribution < -0.4 is 11.1 Å². The van der Waals surface area contributed by atoms with E-state index >= 15 is 0 Å². The highest BCUT2D eigenvalue weighted by Gasteiger charge is 2.08. The van der Waals surface area contributed by atoms with Crippen molar-refractivity contribution in [3.63, 3.8) is 0 Å². The number of hydrogen-bond acceptors (Lipinski definition) is 2. The van der Waals surface area contributed by atoms with Gasteiger partial charge in [-0.2, -0.15) is 0 Å². The summed E-state index contributed by atoms with van der Waals surface area (Å²) in [6, 6.07) is 5.84. The number of halogens is 1. The Morgan fingerprint density at radius 2 is 2.17 bits per heavy atom. The third-order valence-electron chi connectivity index (χ3n) is 2.89. The molecule has 0 radical (unpaired) electrons. The van der Waals surface area contributed by atoms with Gasteiger partial charge in [-0.05, 0) is 37.1 Å². The maximum atomic E-state index is 10.8. The number of anilines is 1. The van der Waals surface area contributed by atoms with E-state index in [1.54, 1.807) is 0 Å². The van der Waals surface area contributed by atoms with E-state index in [2.05, 4.69) is 10.3 Å². The van der Waals surface area contributed by atoms with Crippen molar-refractivity contribution in [2.45, 2.75) is 20.3 Å². The number of benzene rings is 1. The lowest BCUT2D eigenvalue weighted by atomic mass is 10.1. The zero-order valence-electron chi connectivity index (χ0n) is 10.5. The SMILES string of the molecule is CC(=O)NCCc1c(C)[nH]c2ccc(N)cc12.Cl. The average Bonchev–Trinajstić information content (AvgIpc) is 2.55. The fourth-order valence-electron chi connectivity index (χ4n) is 2.09. The van der Waals surface area contributed by atoms with Gasteiger partial charge in [0.25, 0.3) is 0 Å². The number of amides is 1. The first-order valence-corrected chi connectivity index (χ1v) is 5.69. The molecule has 1 heterocycles. The zero-order valence-corrected chi connectivity index (χ0v) is 11.4. The van der Waals surface area contributed by atoms with Gasteiger partial charge in [0, 0.05) is 35.8 Å². The van der Waals surface area contributed by atoms with Crippen molar-refractivity contribution in [3.05, 3.63) is 29.5 Å². The lowest BCUT2D eigenvalue weighted by Gasteiger charge is -2.03. The third-order valence-corrected chi connectivity index (χ3v) is 2.89. The zero-order chi connectivity index (χ0) is 12.4. The first kappa shape index (κ1) is 14.4. The molecule has 5 heteroatoms. The maximum absolute atomic E-state index is 10.8. The predicted molar refractivity (Wildman–Crippen MR) is 77.1 cm³/mol. The van der Waals surface area contributed by atoms with Crippen LogP contribution in [0, 0.1) is 6.92 Å². The molecule has 0 aliphatic heterocycles. The minimum Gasteiger partial charge on any atom is -0.399 e. The van der Waals surface area contributed by atoms with E-state index in [0.717, 1.165) is 28.7 Å². The van der Waals surface area contributed by atoms with Crippen LogP contribution in [0.4, 0.5) is 5.69 Å². The Balaban J connectivity index is 0.00000162. The first-order valence-electron chi connectivity index (χ1n) is 5.69. The molecule has 0 unspecified atom stereocenters. The van der Waals surface area contributed by atoms with Crippen molar-refractivity contribution >= 4 is 34.9 Å². The summed E-state index contributed by atoms with van der Waals surface area (Å²) in [5.74, 6) is 0.00186. The predicted octanol–water partition coefficient (Wildman–Crippen LogP) is 2.16. The Labute approximate surface area is 112 Å². The van der Waals surface area contributed by atoms with Crippen LogP contribution in [0.2, 0.25) is 0 Å². The van der Waals surface area contributed by atoms with Crippen LogP contribution >= 0.6 is 12.4 Å². The second kappa shape index (κ2) is 5.78. The molecule has 18 heavy (non-hydrogen) atoms. The quantitative estimate of drug-likeness (QED) is 0.746. The van der Waals surface area contributed by atoms with E-state index in [1.165, 1.54) is 12.5 Å². The van der Waals surface area contributed by atoms with Crippen molar-refractivity contribution in [2.75, 3.05) is 12.3 Å². The summed E-state index contributed by atoms with van der Waals surface area (Å²) >= 11 is 0. The van der Waals surface area contributed by atoms with Crippen LogP contribution in [-0.4, -0.2) is 17.4 Å². The van der Waals surface area contributed by atoms with Gasteiger partial charge in [0.05, 0.1) is 0 Å². The van der Waals surface area contributed by atoms with Crippen LogP contribution in [-0.2, 0) is 11.2 Å². The Morgan fingerprint density at radius 3 is 2.83 bits per heavy atom. The summed E-state index contributed by atoms with van der Waals surface area (Å²) in [6.07, 6.45) is 0.814. The van der Waals surface area contributed by atoms with E-state index in [-0.39, 0.29) is 18.3 Å². The highest BCUT2D eigenvalue weighted by atomic mass is 35.5. The standard InChI is InChI=1S/C13H17N3O.ClH/c1-8-11(5-6-15-9(2)17)12-7-10(14)3-4-13(12)16-8;/h3-4,7,16H,5-6,14H2,1-2H3,(H,15,17);1H. The van der Waals surface area contributed by atoms with Crippen LogP contribution in [0.5, 0.6) is 0 Å². The normalized spacial score (nSPS) is 10.1. The van der Waals surface area contributed by atoms with E-state index in [1.807, 2.05) is 25.1 Å². The number of aromatic nitrogens is 1. The van der Waals surface area contributed by atoms with Gasteiger partial charge >= 0.3 is 0 Å². The monoisotopic (exact) mass is 267 g/mol. The molecular weight excluding hydrogens is 250 g/mol. The molecule has 1 aromatic heterocycles. The summed E-state index contributed by atoms with van der Waals surface area (Å²) in [4.78, 5) is 14.2. The van der Waals surface area contributed by atoms with Crippen molar-refractivity contribution in [3.8, 4) is 0 Å². The van der Waals surface area contributed by atoms with Gasteiger partial charge in [0.2, 0.25) is 5.91 Å². The Morgan fingerprint density at radius 1 is 1.44 bits per heavy atom. The Kier molecular flexibility index (Phi) is 4.62. The minimum absolute atomic E-state index is 0. The third kappa shape index (κ3) is 2.96. The molecule has 0 atom stereocenters. The molecule has 98 valence electrons. The van der Waals surface area contributed by atoms with Gasteiger partial charge in [-0.3, -0.25) is 4.79 Å². The maximum Gasteiger partial charge on any atom is 0.216 e. The highest BCUT2D eigenvalue weighted by molar-refractivity contribution is 5.87. The smallest absolute Gasteiger partial charge is 0.216 e. The number of carbonyl (C=O) groups excluding carboxylic acids is 1. The number of carbonyl (C=O) groups is 1. The largest absolute Gasteiger partial charge is 0.399 e. The van der Waals surface area contributed by atoms with Crippen molar-refractivity contribution in [1.82, 2.24) is 10.3 Å². The number of aryl methyl sites for hydroxylation is 1. The molecule has 0 saturated carbocycles. The number of nitrogens with one attached hydrogen (secondary N) is 2. The van der Waals surface area contributed by atoms with Gasteiger partial charge in [0.1, 0.15) is 0 Å². The van der Waals surface area contributed by atoms with E-state index in [0.29, 0.717) is 6.54 Å². The summed E-state index contributed by atoms with van der Waals surface area (Å²) in [5.41, 5.74) is 10.0. The van der Waals surface area contributed by atoms with Crippen LogP contribution in [0.25, 0.3) is 10.9 Å². The summed E-state index contributed by atoms with van der Waals surface area (Å²) in [6.45, 7) is 4.22. The van der Waals surface area contributed by atoms with Gasteiger partial charge in [0.15, 0.2) is 0 Å². The van der Waals surface area contributed by atoms with Gasteiger partial charge in [-0.25, -0.2) is 0 Å². The Bertz CT molecular complexity index is 563. The topological polar surface area (TPSA) is 70.9 Å². The molecule has 0 bridgehead atoms. The molecule has 4 nitrogen and oxygen atoms in total. The van der Waals surface area contributed by atoms with Gasteiger partial charge in [-0.15, -0.1) is 12.4 Å². The van der Waals surface area contributed by atoms with Gasteiger partial charge < -0.3 is 16.0 Å². The molecule has 0 fully saturated rings. The van der Waals surface area contributed by atoms with E-state index in [9.17, 15) is 4.79 Å². The Hall–Kier alpha value is -1.68. The highest BCUT2D eigenvalue weighted by Crippen LogP contribution is 2.24. The number of hydrogen-bond donors (Lipinski definition) is 3. The van der Waals surface area contributed by atoms with Crippen LogP contribution in [0.15, 0.2) is 18.2 Å². The second-order valence-electron chi connectivity index (χ2n) is 4.27. The number of aromatic amines is 1. The number of nitrogens with two attached hydrogens (primary N) is 1. The lowest BCUT2D eigenvalue weighted by molar-refractivity contribution is -0.118. The fraction of sp³-hybridized carbons (Fsp3) is 0.308. The van der Waals surface area contributed by atoms with Crippen LogP contribution in [0.1, 0.15) is 18.2 Å². The number of nitrogen functional groups attached to an aromatic ring is 1. The summed E-state index contributed by atoms with van der Waals surface area (Å²) in [5, 5.41) is 3.95. The molecule has 1 aromatic carbocycles. The molecule has 2 aromatic rings. The number of rotatable bonds is 3. The van der Waals surface area contributed by atoms with Crippen molar-refractivity contribution in [1.29, 1.82) is 0 Å². The van der Waals surface area contributed by atoms with Gasteiger partial charge in [-0.1, -0.05) is 0 Å². The molecule has 4 N–H and O–H groups in total. The average molecular weight is 268 g/mol. The van der Waals surface area contributed by atoms with Crippen LogP contribution in [0.3, 0.4) is 0 Å². The molecular formula is C13H18ClN3O. The summed E-state index contributed by atoms with van der Waals surface area (Å²) < 4.78 is 0. The van der Waals surface area contributed by atoms with Crippen molar-refractivity contribution in [2.24, 2.45) is 0 Å². The molecule has 0 aliphatic carbocycles. The molecule has 1 amide bonds.